The van der Waals surface area contributed by atoms with Crippen molar-refractivity contribution in [3.63, 3.8) is 0 Å². The first-order valence-corrected chi connectivity index (χ1v) is 23.3. The lowest BCUT2D eigenvalue weighted by molar-refractivity contribution is -0.150. The van der Waals surface area contributed by atoms with Crippen LogP contribution >= 0.6 is 11.3 Å². The molecule has 2 heterocycles. The molecule has 1 unspecified atom stereocenters. The highest BCUT2D eigenvalue weighted by Crippen LogP contribution is 2.32. The van der Waals surface area contributed by atoms with Crippen LogP contribution in [0.3, 0.4) is 0 Å². The Balaban J connectivity index is 1.93. The highest BCUT2D eigenvalue weighted by Gasteiger charge is 2.39. The molecule has 16 heteroatoms. The minimum Gasteiger partial charge on any atom is -0.481 e. The van der Waals surface area contributed by atoms with Crippen molar-refractivity contribution in [2.24, 2.45) is 23.0 Å². The quantitative estimate of drug-likeness (QED) is 0.0550. The van der Waals surface area contributed by atoms with Crippen molar-refractivity contribution in [3.8, 4) is 0 Å². The summed E-state index contributed by atoms with van der Waals surface area (Å²) in [6.07, 6.45) is 6.90. The summed E-state index contributed by atoms with van der Waals surface area (Å²) in [5.74, 6) is -2.91. The number of esters is 1. The van der Waals surface area contributed by atoms with E-state index in [4.69, 9.17) is 10.5 Å². The molecule has 6 atom stereocenters. The van der Waals surface area contributed by atoms with Gasteiger partial charge in [-0.05, 0) is 89.1 Å². The molecule has 15 nitrogen and oxygen atoms in total. The molecule has 0 spiro atoms. The molecule has 62 heavy (non-hydrogen) atoms. The number of nitrogens with two attached hydrogens (primary N) is 1. The molecule has 1 aromatic heterocycles. The Morgan fingerprint density at radius 2 is 1.73 bits per heavy atom. The van der Waals surface area contributed by atoms with Gasteiger partial charge in [0.25, 0.3) is 5.91 Å². The van der Waals surface area contributed by atoms with E-state index in [1.54, 1.807) is 43.5 Å². The predicted molar refractivity (Wildman–Crippen MR) is 242 cm³/mol. The Hall–Kier alpha value is -4.41. The first-order valence-electron chi connectivity index (χ1n) is 22.4. The largest absolute Gasteiger partial charge is 0.481 e. The third-order valence-electron chi connectivity index (χ3n) is 11.9. The summed E-state index contributed by atoms with van der Waals surface area (Å²) in [5.41, 5.74) is 5.69. The fourth-order valence-electron chi connectivity index (χ4n) is 7.94. The zero-order valence-electron chi connectivity index (χ0n) is 38.5. The first kappa shape index (κ1) is 51.9. The third-order valence-corrected chi connectivity index (χ3v) is 12.9. The van der Waals surface area contributed by atoms with Crippen LogP contribution in [0.25, 0.3) is 0 Å². The maximum Gasteiger partial charge on any atom is 0.309 e. The number of amides is 4. The molecule has 4 amide bonds. The van der Waals surface area contributed by atoms with Gasteiger partial charge in [-0.15, -0.1) is 11.3 Å². The predicted octanol–water partition coefficient (Wildman–Crippen LogP) is 6.33. The van der Waals surface area contributed by atoms with E-state index >= 15 is 0 Å². The number of carbonyl (C=O) groups is 6. The van der Waals surface area contributed by atoms with Crippen LogP contribution < -0.4 is 21.7 Å². The number of nitrogens with zero attached hydrogens (tertiary/aromatic N) is 3. The number of unbranched alkanes of at least 4 members (excludes halogenated alkanes) is 3. The highest BCUT2D eigenvalue weighted by atomic mass is 32.1. The maximum atomic E-state index is 14.9. The fourth-order valence-corrected chi connectivity index (χ4v) is 8.78. The number of likely N-dealkylation sites (N-methyl/N-ethyl adjacent to an activating group) is 1. The minimum atomic E-state index is -1.17. The SMILES string of the molecule is CCCCCCN(C(=O)[C@@H](NC(=O)[C@H]1CCCCN1C)[C@@H](C)CC)C(C[C@@H](OC(C)=O)c1nc(C(=O)N[C@@H](Cc2ccc(NC(=O)CN)cc2)CC(C)(C)C(=O)O)cs1)C(C)C. The van der Waals surface area contributed by atoms with Crippen LogP contribution in [0.1, 0.15) is 147 Å². The summed E-state index contributed by atoms with van der Waals surface area (Å²) in [5, 5.41) is 20.8. The number of thiazole rings is 1. The van der Waals surface area contributed by atoms with Gasteiger partial charge in [-0.2, -0.15) is 0 Å². The zero-order chi connectivity index (χ0) is 46.1. The summed E-state index contributed by atoms with van der Waals surface area (Å²) in [6.45, 7) is 15.8. The molecular weight excluding hydrogens is 811 g/mol. The van der Waals surface area contributed by atoms with Crippen molar-refractivity contribution in [2.75, 3.05) is 32.0 Å². The molecule has 0 saturated carbocycles. The monoisotopic (exact) mass is 884 g/mol. The van der Waals surface area contributed by atoms with Crippen molar-refractivity contribution in [1.82, 2.24) is 25.4 Å². The number of nitrogens with one attached hydrogen (secondary N) is 3. The molecule has 1 fully saturated rings. The van der Waals surface area contributed by atoms with Gasteiger partial charge in [-0.1, -0.05) is 78.9 Å². The topological polar surface area (TPSA) is 213 Å². The van der Waals surface area contributed by atoms with Gasteiger partial charge in [0.1, 0.15) is 16.7 Å². The van der Waals surface area contributed by atoms with E-state index in [2.05, 4.69) is 32.8 Å². The fraction of sp³-hybridized carbons (Fsp3) is 0.674. The number of aliphatic carboxylic acids is 1. The number of ether oxygens (including phenoxy) is 1. The molecule has 3 rings (SSSR count). The average Bonchev–Trinajstić information content (AvgIpc) is 3.72. The van der Waals surface area contributed by atoms with Gasteiger partial charge in [-0.25, -0.2) is 4.98 Å². The standard InChI is InChI=1S/C46H73N7O8S/c1-10-12-13-15-23-53(44(58)40(30(5)11-2)51-42(57)36-17-14-16-22-52(36)9)37(29(3)4)25-38(61-31(6)54)43-50-35(28-62-43)41(56)49-34(26-46(7,8)45(59)60)24-32-18-20-33(21-19-32)48-39(55)27-47/h18-21,28-30,34,36-38,40H,10-17,22-27,47H2,1-9H3,(H,48,55)(H,49,56)(H,51,57)(H,59,60)/t30-,34-,36+,37?,38+,40-/m0/s1. The molecule has 0 radical (unpaired) electrons. The maximum absolute atomic E-state index is 14.9. The minimum absolute atomic E-state index is 0.0759. The van der Waals surface area contributed by atoms with E-state index in [0.29, 0.717) is 30.1 Å². The molecule has 1 aliphatic rings. The Bertz CT molecular complexity index is 1780. The van der Waals surface area contributed by atoms with E-state index in [9.17, 15) is 33.9 Å². The van der Waals surface area contributed by atoms with Crippen molar-refractivity contribution in [1.29, 1.82) is 0 Å². The Kier molecular flexibility index (Phi) is 21.0. The lowest BCUT2D eigenvalue weighted by atomic mass is 9.84. The number of carboxylic acid groups (broad SMARTS) is 1. The van der Waals surface area contributed by atoms with Crippen molar-refractivity contribution < 1.29 is 38.6 Å². The summed E-state index contributed by atoms with van der Waals surface area (Å²) in [6, 6.07) is 4.96. The lowest BCUT2D eigenvalue weighted by Crippen LogP contribution is -2.59. The van der Waals surface area contributed by atoms with E-state index in [0.717, 1.165) is 57.1 Å². The van der Waals surface area contributed by atoms with Gasteiger partial charge in [-0.3, -0.25) is 33.7 Å². The second kappa shape index (κ2) is 25.0. The summed E-state index contributed by atoms with van der Waals surface area (Å²) in [7, 11) is 1.95. The number of hydrogen-bond donors (Lipinski definition) is 5. The number of aromatic nitrogens is 1. The Morgan fingerprint density at radius 3 is 2.31 bits per heavy atom. The van der Waals surface area contributed by atoms with E-state index < -0.39 is 47.5 Å². The van der Waals surface area contributed by atoms with Gasteiger partial charge < -0.3 is 36.4 Å². The molecule has 6 N–H and O–H groups in total. The molecule has 2 aromatic rings. The molecule has 1 saturated heterocycles. The first-order chi connectivity index (χ1) is 29.3. The van der Waals surface area contributed by atoms with E-state index in [1.807, 2.05) is 39.6 Å². The average molecular weight is 884 g/mol. The number of likely N-dealkylation sites (tertiary alicyclic amines) is 1. The number of rotatable bonds is 25. The van der Waals surface area contributed by atoms with Crippen LogP contribution in [-0.2, 0) is 35.1 Å². The molecule has 1 aliphatic heterocycles. The molecular formula is C46H73N7O8S. The highest BCUT2D eigenvalue weighted by molar-refractivity contribution is 7.09. The van der Waals surface area contributed by atoms with Gasteiger partial charge in [0.05, 0.1) is 18.0 Å². The number of piperidine rings is 1. The zero-order valence-corrected chi connectivity index (χ0v) is 39.3. The van der Waals surface area contributed by atoms with Crippen molar-refractivity contribution >= 4 is 52.6 Å². The summed E-state index contributed by atoms with van der Waals surface area (Å²) >= 11 is 1.17. The summed E-state index contributed by atoms with van der Waals surface area (Å²) < 4.78 is 5.93. The van der Waals surface area contributed by atoms with Crippen LogP contribution in [0.4, 0.5) is 5.69 Å². The number of benzene rings is 1. The van der Waals surface area contributed by atoms with Gasteiger partial charge in [0.15, 0.2) is 6.10 Å². The summed E-state index contributed by atoms with van der Waals surface area (Å²) in [4.78, 5) is 87.8. The molecule has 346 valence electrons. The Labute approximate surface area is 372 Å². The van der Waals surface area contributed by atoms with Crippen LogP contribution in [0, 0.1) is 17.3 Å². The smallest absolute Gasteiger partial charge is 0.309 e. The molecule has 0 bridgehead atoms. The van der Waals surface area contributed by atoms with Gasteiger partial charge >= 0.3 is 11.9 Å². The number of hydrogen-bond acceptors (Lipinski definition) is 11. The third kappa shape index (κ3) is 15.7. The second-order valence-electron chi connectivity index (χ2n) is 17.9. The number of carbonyl (C=O) groups excluding carboxylic acids is 5. The molecule has 1 aromatic carbocycles. The Morgan fingerprint density at radius 1 is 1.03 bits per heavy atom. The second-order valence-corrected chi connectivity index (χ2v) is 18.8. The van der Waals surface area contributed by atoms with Gasteiger partial charge in [0, 0.05) is 43.0 Å². The number of carboxylic acids is 1. The molecule has 0 aliphatic carbocycles. The van der Waals surface area contributed by atoms with Crippen molar-refractivity contribution in [3.05, 3.63) is 45.9 Å². The van der Waals surface area contributed by atoms with Crippen molar-refractivity contribution in [2.45, 2.75) is 156 Å². The van der Waals surface area contributed by atoms with Crippen LogP contribution in [0.15, 0.2) is 29.6 Å². The van der Waals surface area contributed by atoms with Gasteiger partial charge in [0.2, 0.25) is 17.7 Å². The van der Waals surface area contributed by atoms with Crippen LogP contribution in [0.2, 0.25) is 0 Å². The number of anilines is 1. The van der Waals surface area contributed by atoms with Crippen LogP contribution in [0.5, 0.6) is 0 Å². The van der Waals surface area contributed by atoms with E-state index in [-0.39, 0.29) is 60.7 Å². The normalized spacial score (nSPS) is 17.0. The van der Waals surface area contributed by atoms with Crippen LogP contribution in [-0.4, -0.2) is 106 Å². The van der Waals surface area contributed by atoms with E-state index in [1.165, 1.54) is 18.3 Å². The lowest BCUT2D eigenvalue weighted by Gasteiger charge is -2.40.